The minimum Gasteiger partial charge on any atom is -0.454 e. The average Bonchev–Trinajstić information content (AvgIpc) is 3.21. The predicted octanol–water partition coefficient (Wildman–Crippen LogP) is 5.19. The lowest BCUT2D eigenvalue weighted by molar-refractivity contribution is 0.174. The highest BCUT2D eigenvalue weighted by Crippen LogP contribution is 2.35. The van der Waals surface area contributed by atoms with Crippen molar-refractivity contribution in [3.8, 4) is 11.5 Å². The molecule has 156 valence electrons. The van der Waals surface area contributed by atoms with Crippen LogP contribution < -0.4 is 15.0 Å². The van der Waals surface area contributed by atoms with Gasteiger partial charge in [-0.05, 0) is 55.5 Å². The first kappa shape index (κ1) is 19.7. The lowest BCUT2D eigenvalue weighted by atomic mass is 10.2. The number of aryl methyl sites for hydroxylation is 1. The van der Waals surface area contributed by atoms with Crippen LogP contribution in [0.3, 0.4) is 0 Å². The van der Waals surface area contributed by atoms with Crippen LogP contribution in [0.1, 0.15) is 5.56 Å². The minimum absolute atomic E-state index is 0.0331. The molecule has 0 radical (unpaired) electrons. The molecule has 5 rings (SSSR count). The molecule has 8 heteroatoms. The smallest absolute Gasteiger partial charge is 0.239 e. The van der Waals surface area contributed by atoms with Crippen LogP contribution in [0.5, 0.6) is 11.5 Å². The molecule has 2 heterocycles. The molecule has 1 aliphatic rings. The summed E-state index contributed by atoms with van der Waals surface area (Å²) >= 11 is 6.10. The third kappa shape index (κ3) is 3.66. The van der Waals surface area contributed by atoms with Crippen LogP contribution in [0.2, 0.25) is 5.02 Å². The van der Waals surface area contributed by atoms with Crippen molar-refractivity contribution in [3.05, 3.63) is 82.9 Å². The van der Waals surface area contributed by atoms with Crippen LogP contribution in [0, 0.1) is 6.92 Å². The molecular formula is C23H16ClNO5S. The molecule has 0 fully saturated rings. The Labute approximate surface area is 183 Å². The molecule has 0 bridgehead atoms. The van der Waals surface area contributed by atoms with E-state index in [0.717, 1.165) is 5.56 Å². The zero-order valence-electron chi connectivity index (χ0n) is 16.3. The van der Waals surface area contributed by atoms with Gasteiger partial charge in [-0.25, -0.2) is 13.4 Å². The van der Waals surface area contributed by atoms with Crippen molar-refractivity contribution in [1.29, 1.82) is 0 Å². The third-order valence-corrected chi connectivity index (χ3v) is 6.88. The van der Waals surface area contributed by atoms with Gasteiger partial charge in [0.15, 0.2) is 11.5 Å². The van der Waals surface area contributed by atoms with Gasteiger partial charge in [-0.1, -0.05) is 29.3 Å². The normalized spacial score (nSPS) is 13.7. The number of nitrogens with zero attached hydrogens (tertiary/aromatic N) is 1. The van der Waals surface area contributed by atoms with Crippen LogP contribution in [0.25, 0.3) is 11.0 Å². The highest BCUT2D eigenvalue weighted by Gasteiger charge is 2.23. The molecule has 6 nitrogen and oxygen atoms in total. The average molecular weight is 454 g/mol. The summed E-state index contributed by atoms with van der Waals surface area (Å²) in [7, 11) is -3.91. The number of sulfone groups is 1. The first-order chi connectivity index (χ1) is 14.9. The maximum Gasteiger partial charge on any atom is 0.239 e. The molecule has 0 aliphatic carbocycles. The minimum atomic E-state index is -3.91. The monoisotopic (exact) mass is 453 g/mol. The lowest BCUT2D eigenvalue weighted by Crippen LogP contribution is -2.15. The number of hydrogen-bond acceptors (Lipinski definition) is 6. The van der Waals surface area contributed by atoms with E-state index in [0.29, 0.717) is 33.2 Å². The summed E-state index contributed by atoms with van der Waals surface area (Å²) in [5, 5.41) is 1.03. The summed E-state index contributed by atoms with van der Waals surface area (Å²) in [4.78, 5) is 4.58. The van der Waals surface area contributed by atoms with Crippen molar-refractivity contribution < 1.29 is 22.3 Å². The molecule has 0 amide bonds. The zero-order chi connectivity index (χ0) is 21.6. The molecule has 3 aromatic carbocycles. The molecule has 0 unspecified atom stereocenters. The van der Waals surface area contributed by atoms with Gasteiger partial charge in [0.25, 0.3) is 0 Å². The SMILES string of the molecule is Cc1ccc(S(=O)(=O)c2cc3cc(Cl)ccc3oc2=Nc2ccc3c(c2)OCO3)cc1. The van der Waals surface area contributed by atoms with E-state index in [4.69, 9.17) is 25.5 Å². The van der Waals surface area contributed by atoms with Gasteiger partial charge in [0, 0.05) is 16.5 Å². The summed E-state index contributed by atoms with van der Waals surface area (Å²) in [5.41, 5.74) is 1.86. The second kappa shape index (κ2) is 7.44. The molecule has 0 N–H and O–H groups in total. The van der Waals surface area contributed by atoms with E-state index < -0.39 is 9.84 Å². The Hall–Kier alpha value is -3.29. The summed E-state index contributed by atoms with van der Waals surface area (Å²) < 4.78 is 43.6. The van der Waals surface area contributed by atoms with Crippen LogP contribution in [0.15, 0.2) is 85.9 Å². The van der Waals surface area contributed by atoms with E-state index in [1.807, 2.05) is 6.92 Å². The fourth-order valence-corrected chi connectivity index (χ4v) is 4.80. The Morgan fingerprint density at radius 3 is 2.48 bits per heavy atom. The van der Waals surface area contributed by atoms with E-state index in [2.05, 4.69) is 4.99 Å². The van der Waals surface area contributed by atoms with Gasteiger partial charge in [0.05, 0.1) is 10.6 Å². The van der Waals surface area contributed by atoms with Gasteiger partial charge in [-0.2, -0.15) is 0 Å². The van der Waals surface area contributed by atoms with Crippen molar-refractivity contribution in [1.82, 2.24) is 0 Å². The van der Waals surface area contributed by atoms with Gasteiger partial charge in [-0.3, -0.25) is 0 Å². The quantitative estimate of drug-likeness (QED) is 0.426. The molecule has 4 aromatic rings. The maximum absolute atomic E-state index is 13.5. The predicted molar refractivity (Wildman–Crippen MR) is 116 cm³/mol. The summed E-state index contributed by atoms with van der Waals surface area (Å²) in [5.74, 6) is 1.15. The summed E-state index contributed by atoms with van der Waals surface area (Å²) in [6.45, 7) is 2.02. The molecule has 0 saturated carbocycles. The topological polar surface area (TPSA) is 78.1 Å². The number of benzene rings is 3. The fourth-order valence-electron chi connectivity index (χ4n) is 3.27. The second-order valence-electron chi connectivity index (χ2n) is 7.06. The number of hydrogen-bond donors (Lipinski definition) is 0. The summed E-state index contributed by atoms with van der Waals surface area (Å²) in [6, 6.07) is 18.3. The van der Waals surface area contributed by atoms with Gasteiger partial charge < -0.3 is 13.9 Å². The first-order valence-electron chi connectivity index (χ1n) is 9.40. The Morgan fingerprint density at radius 2 is 1.68 bits per heavy atom. The Bertz CT molecular complexity index is 1490. The molecule has 1 aromatic heterocycles. The number of rotatable bonds is 3. The number of halogens is 1. The van der Waals surface area contributed by atoms with Crippen molar-refractivity contribution in [2.75, 3.05) is 6.79 Å². The van der Waals surface area contributed by atoms with E-state index in [-0.39, 0.29) is 22.1 Å². The molecule has 0 saturated heterocycles. The highest BCUT2D eigenvalue weighted by atomic mass is 35.5. The van der Waals surface area contributed by atoms with Crippen molar-refractivity contribution in [2.24, 2.45) is 4.99 Å². The van der Waals surface area contributed by atoms with Gasteiger partial charge >= 0.3 is 0 Å². The van der Waals surface area contributed by atoms with Gasteiger partial charge in [0.1, 0.15) is 10.5 Å². The Balaban J connectivity index is 1.77. The van der Waals surface area contributed by atoms with E-state index in [9.17, 15) is 8.42 Å². The van der Waals surface area contributed by atoms with E-state index in [1.54, 1.807) is 60.7 Å². The Kier molecular flexibility index (Phi) is 4.72. The van der Waals surface area contributed by atoms with Gasteiger partial charge in [0.2, 0.25) is 22.2 Å². The van der Waals surface area contributed by atoms with Crippen molar-refractivity contribution in [3.63, 3.8) is 0 Å². The molecular weight excluding hydrogens is 438 g/mol. The van der Waals surface area contributed by atoms with Gasteiger partial charge in [-0.15, -0.1) is 0 Å². The largest absolute Gasteiger partial charge is 0.454 e. The van der Waals surface area contributed by atoms with Crippen molar-refractivity contribution >= 4 is 38.1 Å². The number of fused-ring (bicyclic) bond motifs is 2. The lowest BCUT2D eigenvalue weighted by Gasteiger charge is -2.08. The summed E-state index contributed by atoms with van der Waals surface area (Å²) in [6.07, 6.45) is 0. The van der Waals surface area contributed by atoms with Crippen LogP contribution in [-0.4, -0.2) is 15.2 Å². The van der Waals surface area contributed by atoms with Crippen molar-refractivity contribution in [2.45, 2.75) is 16.7 Å². The second-order valence-corrected chi connectivity index (χ2v) is 9.42. The highest BCUT2D eigenvalue weighted by molar-refractivity contribution is 7.91. The van der Waals surface area contributed by atoms with E-state index in [1.165, 1.54) is 6.07 Å². The third-order valence-electron chi connectivity index (χ3n) is 4.88. The molecule has 0 atom stereocenters. The fraction of sp³-hybridized carbons (Fsp3) is 0.0870. The van der Waals surface area contributed by atoms with E-state index >= 15 is 0 Å². The van der Waals surface area contributed by atoms with Crippen LogP contribution in [-0.2, 0) is 9.84 Å². The zero-order valence-corrected chi connectivity index (χ0v) is 17.9. The Morgan fingerprint density at radius 1 is 0.903 bits per heavy atom. The van der Waals surface area contributed by atoms with Crippen LogP contribution >= 0.6 is 11.6 Å². The number of ether oxygens (including phenoxy) is 2. The standard InChI is InChI=1S/C23H16ClNO5S/c1-14-2-6-18(7-3-14)31(26,27)22-11-15-10-16(24)4-8-19(15)30-23(22)25-17-5-9-20-21(12-17)29-13-28-20/h2-12H,13H2,1H3. The molecule has 31 heavy (non-hydrogen) atoms. The maximum atomic E-state index is 13.5. The first-order valence-corrected chi connectivity index (χ1v) is 11.3. The molecule has 1 aliphatic heterocycles. The van der Waals surface area contributed by atoms with Crippen LogP contribution in [0.4, 0.5) is 5.69 Å². The molecule has 0 spiro atoms.